The van der Waals surface area contributed by atoms with Gasteiger partial charge in [-0.1, -0.05) is 6.08 Å². The van der Waals surface area contributed by atoms with Crippen molar-refractivity contribution in [3.05, 3.63) is 47.8 Å². The number of nitrogens with one attached hydrogen (secondary N) is 1. The van der Waals surface area contributed by atoms with Crippen LogP contribution in [0.3, 0.4) is 0 Å². The molecule has 0 spiro atoms. The molecule has 5 heteroatoms. The Labute approximate surface area is 97.1 Å². The van der Waals surface area contributed by atoms with Crippen LogP contribution in [-0.4, -0.2) is 7.05 Å². The molecule has 94 valence electrons. The molecule has 1 atom stereocenters. The summed E-state index contributed by atoms with van der Waals surface area (Å²) in [4.78, 5) is 0. The van der Waals surface area contributed by atoms with Gasteiger partial charge in [0.2, 0.25) is 0 Å². The minimum absolute atomic E-state index is 0.00206. The van der Waals surface area contributed by atoms with Crippen molar-refractivity contribution in [2.45, 2.75) is 18.6 Å². The van der Waals surface area contributed by atoms with E-state index in [2.05, 4.69) is 11.9 Å². The van der Waals surface area contributed by atoms with Crippen LogP contribution in [-0.2, 0) is 6.18 Å². The van der Waals surface area contributed by atoms with Crippen molar-refractivity contribution >= 4 is 0 Å². The van der Waals surface area contributed by atoms with E-state index in [-0.39, 0.29) is 5.56 Å². The summed E-state index contributed by atoms with van der Waals surface area (Å²) in [6.07, 6.45) is -2.58. The standard InChI is InChI=1S/C12H13F4N/c1-3-4-11(17-2)9-7-8(12(14,15)16)5-6-10(9)13/h3,5-7,11,17H,1,4H2,2H3. The van der Waals surface area contributed by atoms with Gasteiger partial charge >= 0.3 is 6.18 Å². The highest BCUT2D eigenvalue weighted by Crippen LogP contribution is 2.32. The van der Waals surface area contributed by atoms with Crippen molar-refractivity contribution < 1.29 is 17.6 Å². The highest BCUT2D eigenvalue weighted by atomic mass is 19.4. The maximum absolute atomic E-state index is 13.5. The normalized spacial score (nSPS) is 13.5. The second kappa shape index (κ2) is 5.31. The molecule has 0 bridgehead atoms. The van der Waals surface area contributed by atoms with Crippen LogP contribution in [0.2, 0.25) is 0 Å². The fourth-order valence-electron chi connectivity index (χ4n) is 1.55. The van der Waals surface area contributed by atoms with E-state index in [1.807, 2.05) is 0 Å². The Kier molecular flexibility index (Phi) is 4.28. The van der Waals surface area contributed by atoms with E-state index in [1.165, 1.54) is 6.08 Å². The molecule has 0 fully saturated rings. The van der Waals surface area contributed by atoms with Crippen LogP contribution < -0.4 is 5.32 Å². The molecule has 1 aromatic rings. The Balaban J connectivity index is 3.17. The smallest absolute Gasteiger partial charge is 0.313 e. The Morgan fingerprint density at radius 1 is 1.41 bits per heavy atom. The Bertz CT molecular complexity index is 398. The second-order valence-corrected chi connectivity index (χ2v) is 3.60. The predicted octanol–water partition coefficient (Wildman–Crippen LogP) is 3.68. The van der Waals surface area contributed by atoms with Crippen molar-refractivity contribution in [1.82, 2.24) is 5.32 Å². The Morgan fingerprint density at radius 3 is 2.53 bits per heavy atom. The zero-order valence-corrected chi connectivity index (χ0v) is 9.31. The molecule has 17 heavy (non-hydrogen) atoms. The molecule has 1 rings (SSSR count). The Hall–Kier alpha value is -1.36. The third-order valence-electron chi connectivity index (χ3n) is 2.45. The summed E-state index contributed by atoms with van der Waals surface area (Å²) in [5.41, 5.74) is -0.847. The average Bonchev–Trinajstić information content (AvgIpc) is 2.25. The van der Waals surface area contributed by atoms with Gasteiger partial charge in [0.15, 0.2) is 0 Å². The number of benzene rings is 1. The van der Waals surface area contributed by atoms with E-state index < -0.39 is 23.6 Å². The highest BCUT2D eigenvalue weighted by molar-refractivity contribution is 5.29. The molecule has 1 nitrogen and oxygen atoms in total. The van der Waals surface area contributed by atoms with Crippen molar-refractivity contribution in [3.8, 4) is 0 Å². The van der Waals surface area contributed by atoms with Crippen LogP contribution in [0.4, 0.5) is 17.6 Å². The van der Waals surface area contributed by atoms with Gasteiger partial charge < -0.3 is 5.32 Å². The molecule has 1 unspecified atom stereocenters. The van der Waals surface area contributed by atoms with E-state index >= 15 is 0 Å². The zero-order chi connectivity index (χ0) is 13.1. The summed E-state index contributed by atoms with van der Waals surface area (Å²) in [6.45, 7) is 3.49. The molecule has 0 amide bonds. The zero-order valence-electron chi connectivity index (χ0n) is 9.31. The topological polar surface area (TPSA) is 12.0 Å². The third-order valence-corrected chi connectivity index (χ3v) is 2.45. The number of hydrogen-bond donors (Lipinski definition) is 1. The average molecular weight is 247 g/mol. The van der Waals surface area contributed by atoms with E-state index in [0.29, 0.717) is 6.42 Å². The van der Waals surface area contributed by atoms with Crippen molar-refractivity contribution in [1.29, 1.82) is 0 Å². The van der Waals surface area contributed by atoms with Gasteiger partial charge in [-0.2, -0.15) is 13.2 Å². The first-order valence-corrected chi connectivity index (χ1v) is 5.05. The summed E-state index contributed by atoms with van der Waals surface area (Å²) in [7, 11) is 1.56. The van der Waals surface area contributed by atoms with Crippen LogP contribution in [0.25, 0.3) is 0 Å². The van der Waals surface area contributed by atoms with Gasteiger partial charge in [0.1, 0.15) is 5.82 Å². The van der Waals surface area contributed by atoms with Gasteiger partial charge in [-0.3, -0.25) is 0 Å². The number of alkyl halides is 3. The summed E-state index contributed by atoms with van der Waals surface area (Å²) in [5.74, 6) is -0.654. The van der Waals surface area contributed by atoms with E-state index in [4.69, 9.17) is 0 Å². The Morgan fingerprint density at radius 2 is 2.06 bits per heavy atom. The number of hydrogen-bond acceptors (Lipinski definition) is 1. The second-order valence-electron chi connectivity index (χ2n) is 3.60. The SMILES string of the molecule is C=CCC(NC)c1cc(C(F)(F)F)ccc1F. The lowest BCUT2D eigenvalue weighted by atomic mass is 10.0. The number of rotatable bonds is 4. The van der Waals surface area contributed by atoms with Gasteiger partial charge in [0, 0.05) is 11.6 Å². The fraction of sp³-hybridized carbons (Fsp3) is 0.333. The summed E-state index contributed by atoms with van der Waals surface area (Å²) < 4.78 is 50.9. The van der Waals surface area contributed by atoms with Crippen LogP contribution in [0.1, 0.15) is 23.6 Å². The van der Waals surface area contributed by atoms with E-state index in [1.54, 1.807) is 7.05 Å². The van der Waals surface area contributed by atoms with Gasteiger partial charge in [-0.05, 0) is 31.7 Å². The van der Waals surface area contributed by atoms with E-state index in [0.717, 1.165) is 18.2 Å². The minimum Gasteiger partial charge on any atom is -0.313 e. The summed E-state index contributed by atoms with van der Waals surface area (Å²) in [5, 5.41) is 2.76. The van der Waals surface area contributed by atoms with E-state index in [9.17, 15) is 17.6 Å². The first kappa shape index (κ1) is 13.7. The maximum Gasteiger partial charge on any atom is 0.416 e. The fourth-order valence-corrected chi connectivity index (χ4v) is 1.55. The summed E-state index contributed by atoms with van der Waals surface area (Å²) in [6, 6.07) is 1.90. The minimum atomic E-state index is -4.46. The largest absolute Gasteiger partial charge is 0.416 e. The molecule has 1 N–H and O–H groups in total. The molecule has 0 aliphatic carbocycles. The molecular weight excluding hydrogens is 234 g/mol. The van der Waals surface area contributed by atoms with Crippen LogP contribution >= 0.6 is 0 Å². The molecular formula is C12H13F4N. The quantitative estimate of drug-likeness (QED) is 0.632. The molecule has 0 aromatic heterocycles. The van der Waals surface area contributed by atoms with Crippen LogP contribution in [0.5, 0.6) is 0 Å². The van der Waals surface area contributed by atoms with Gasteiger partial charge in [0.25, 0.3) is 0 Å². The van der Waals surface area contributed by atoms with Gasteiger partial charge in [0.05, 0.1) is 5.56 Å². The van der Waals surface area contributed by atoms with Crippen LogP contribution in [0, 0.1) is 5.82 Å². The van der Waals surface area contributed by atoms with Crippen molar-refractivity contribution in [3.63, 3.8) is 0 Å². The summed E-state index contributed by atoms with van der Waals surface area (Å²) >= 11 is 0. The molecule has 0 heterocycles. The molecule has 0 saturated heterocycles. The lowest BCUT2D eigenvalue weighted by molar-refractivity contribution is -0.137. The first-order chi connectivity index (χ1) is 7.90. The van der Waals surface area contributed by atoms with Crippen molar-refractivity contribution in [2.24, 2.45) is 0 Å². The van der Waals surface area contributed by atoms with Gasteiger partial charge in [-0.15, -0.1) is 6.58 Å². The molecule has 0 saturated carbocycles. The molecule has 0 aliphatic rings. The first-order valence-electron chi connectivity index (χ1n) is 5.05. The molecule has 0 aliphatic heterocycles. The molecule has 0 radical (unpaired) electrons. The lowest BCUT2D eigenvalue weighted by Gasteiger charge is -2.17. The predicted molar refractivity (Wildman–Crippen MR) is 58.0 cm³/mol. The molecule has 1 aromatic carbocycles. The highest BCUT2D eigenvalue weighted by Gasteiger charge is 2.31. The number of halogens is 4. The van der Waals surface area contributed by atoms with Crippen LogP contribution in [0.15, 0.2) is 30.9 Å². The lowest BCUT2D eigenvalue weighted by Crippen LogP contribution is -2.18. The van der Waals surface area contributed by atoms with Crippen molar-refractivity contribution in [2.75, 3.05) is 7.05 Å². The maximum atomic E-state index is 13.5. The van der Waals surface area contributed by atoms with Gasteiger partial charge in [-0.25, -0.2) is 4.39 Å². The third kappa shape index (κ3) is 3.30. The monoisotopic (exact) mass is 247 g/mol.